The molecule has 8 heteroatoms. The van der Waals surface area contributed by atoms with Gasteiger partial charge in [-0.05, 0) is 30.7 Å². The highest BCUT2D eigenvalue weighted by molar-refractivity contribution is 6.68. The van der Waals surface area contributed by atoms with Crippen LogP contribution in [0.1, 0.15) is 68.6 Å². The van der Waals surface area contributed by atoms with Gasteiger partial charge in [-0.3, -0.25) is 4.79 Å². The number of methoxy groups -OCH3 is 1. The Morgan fingerprint density at radius 3 is 2.11 bits per heavy atom. The van der Waals surface area contributed by atoms with Crippen LogP contribution in [0.5, 0.6) is 0 Å². The normalized spacial score (nSPS) is 12.3. The number of benzene rings is 1. The number of halogens is 3. The number of ether oxygens (including phenoxy) is 1. The van der Waals surface area contributed by atoms with Crippen molar-refractivity contribution < 1.29 is 14.3 Å². The molecular weight excluding hydrogens is 423 g/mol. The lowest BCUT2D eigenvalue weighted by Crippen LogP contribution is -2.49. The number of carbonyl (C=O) groups excluding carboxylic acids is 2. The highest BCUT2D eigenvalue weighted by Crippen LogP contribution is 2.31. The van der Waals surface area contributed by atoms with E-state index in [2.05, 4.69) is 22.3 Å². The van der Waals surface area contributed by atoms with Gasteiger partial charge < -0.3 is 15.4 Å². The van der Waals surface area contributed by atoms with Crippen LogP contribution in [-0.4, -0.2) is 28.9 Å². The number of nitrogens with one attached hydrogen (secondary N) is 2. The summed E-state index contributed by atoms with van der Waals surface area (Å²) >= 11 is 18.0. The number of hydrogen-bond donors (Lipinski definition) is 2. The van der Waals surface area contributed by atoms with E-state index in [9.17, 15) is 9.59 Å². The van der Waals surface area contributed by atoms with Crippen LogP contribution < -0.4 is 10.6 Å². The minimum Gasteiger partial charge on any atom is -0.465 e. The van der Waals surface area contributed by atoms with Crippen molar-refractivity contribution in [2.24, 2.45) is 0 Å². The fraction of sp³-hybridized carbons (Fsp3) is 0.600. The Morgan fingerprint density at radius 2 is 1.57 bits per heavy atom. The molecular formula is C20H29Cl3N2O3. The zero-order valence-corrected chi connectivity index (χ0v) is 18.7. The van der Waals surface area contributed by atoms with E-state index in [1.807, 2.05) is 0 Å². The van der Waals surface area contributed by atoms with Crippen LogP contribution in [0.25, 0.3) is 0 Å². The minimum atomic E-state index is -1.74. The topological polar surface area (TPSA) is 67.4 Å². The molecule has 1 aromatic rings. The van der Waals surface area contributed by atoms with Crippen LogP contribution >= 0.6 is 34.8 Å². The maximum Gasteiger partial charge on any atom is 0.337 e. The first-order valence-corrected chi connectivity index (χ1v) is 10.7. The van der Waals surface area contributed by atoms with E-state index >= 15 is 0 Å². The summed E-state index contributed by atoms with van der Waals surface area (Å²) in [6.45, 7) is 2.19. The number of alkyl halides is 3. The summed E-state index contributed by atoms with van der Waals surface area (Å²) in [6, 6.07) is 6.48. The molecule has 0 saturated carbocycles. The van der Waals surface area contributed by atoms with Gasteiger partial charge in [-0.25, -0.2) is 4.79 Å². The molecule has 1 aromatic carbocycles. The smallest absolute Gasteiger partial charge is 0.337 e. The van der Waals surface area contributed by atoms with Gasteiger partial charge in [0.1, 0.15) is 6.17 Å². The van der Waals surface area contributed by atoms with Crippen LogP contribution in [0.2, 0.25) is 0 Å². The quantitative estimate of drug-likeness (QED) is 0.181. The molecule has 2 N–H and O–H groups in total. The van der Waals surface area contributed by atoms with E-state index < -0.39 is 15.9 Å². The zero-order chi connectivity index (χ0) is 21.0. The fourth-order valence-electron chi connectivity index (χ4n) is 2.66. The molecule has 0 unspecified atom stereocenters. The second-order valence-electron chi connectivity index (χ2n) is 6.63. The molecule has 5 nitrogen and oxygen atoms in total. The van der Waals surface area contributed by atoms with Gasteiger partial charge in [0.2, 0.25) is 9.70 Å². The van der Waals surface area contributed by atoms with Crippen LogP contribution in [-0.2, 0) is 9.53 Å². The van der Waals surface area contributed by atoms with Crippen LogP contribution in [0.4, 0.5) is 5.69 Å². The molecule has 0 fully saturated rings. The predicted octanol–water partition coefficient (Wildman–Crippen LogP) is 5.84. The number of hydrogen-bond acceptors (Lipinski definition) is 4. The first kappa shape index (κ1) is 24.9. The molecule has 0 heterocycles. The van der Waals surface area contributed by atoms with Crippen molar-refractivity contribution in [2.75, 3.05) is 12.4 Å². The number of esters is 1. The maximum absolute atomic E-state index is 12.2. The summed E-state index contributed by atoms with van der Waals surface area (Å²) in [5.74, 6) is -0.615. The van der Waals surface area contributed by atoms with Gasteiger partial charge in [0.05, 0.1) is 12.7 Å². The molecule has 1 rings (SSSR count). The Kier molecular flexibility index (Phi) is 11.7. The highest BCUT2D eigenvalue weighted by atomic mass is 35.6. The minimum absolute atomic E-state index is 0.177. The maximum atomic E-state index is 12.2. The van der Waals surface area contributed by atoms with E-state index in [0.29, 0.717) is 17.7 Å². The van der Waals surface area contributed by atoms with Gasteiger partial charge >= 0.3 is 5.97 Å². The van der Waals surface area contributed by atoms with Gasteiger partial charge in [0.25, 0.3) is 0 Å². The predicted molar refractivity (Wildman–Crippen MR) is 116 cm³/mol. The molecule has 0 aliphatic carbocycles. The molecule has 0 aliphatic heterocycles. The first-order valence-electron chi connectivity index (χ1n) is 9.59. The molecule has 158 valence electrons. The average Bonchev–Trinajstić information content (AvgIpc) is 2.66. The molecule has 1 atom stereocenters. The standard InChI is InChI=1S/C20H29Cl3N2O3/c1-3-4-5-6-7-8-9-10-17(26)25-19(20(21,22)23)24-16-13-11-15(12-14-16)18(27)28-2/h11-14,19,24H,3-10H2,1-2H3,(H,25,26)/t19-/m1/s1. The lowest BCUT2D eigenvalue weighted by atomic mass is 10.1. The van der Waals surface area contributed by atoms with E-state index in [1.165, 1.54) is 32.8 Å². The third-order valence-corrected chi connectivity index (χ3v) is 4.91. The van der Waals surface area contributed by atoms with Gasteiger partial charge in [-0.15, -0.1) is 0 Å². The molecule has 1 amide bonds. The Morgan fingerprint density at radius 1 is 1.00 bits per heavy atom. The summed E-state index contributed by atoms with van der Waals surface area (Å²) in [5, 5.41) is 5.71. The Labute approximate surface area is 182 Å². The summed E-state index contributed by atoms with van der Waals surface area (Å²) < 4.78 is 2.92. The van der Waals surface area contributed by atoms with E-state index in [0.717, 1.165) is 19.3 Å². The summed E-state index contributed by atoms with van der Waals surface area (Å²) in [5.41, 5.74) is 1.00. The Balaban J connectivity index is 2.50. The lowest BCUT2D eigenvalue weighted by molar-refractivity contribution is -0.121. The van der Waals surface area contributed by atoms with Crippen molar-refractivity contribution in [1.82, 2.24) is 5.32 Å². The van der Waals surface area contributed by atoms with Crippen molar-refractivity contribution in [1.29, 1.82) is 0 Å². The SMILES string of the molecule is CCCCCCCCCC(=O)N[C@@H](Nc1ccc(C(=O)OC)cc1)C(Cl)(Cl)Cl. The van der Waals surface area contributed by atoms with Gasteiger partial charge in [0, 0.05) is 12.1 Å². The monoisotopic (exact) mass is 450 g/mol. The van der Waals surface area contributed by atoms with Gasteiger partial charge in [-0.2, -0.15) is 0 Å². The van der Waals surface area contributed by atoms with Crippen molar-refractivity contribution in [2.45, 2.75) is 68.2 Å². The lowest BCUT2D eigenvalue weighted by Gasteiger charge is -2.27. The largest absolute Gasteiger partial charge is 0.465 e. The summed E-state index contributed by atoms with van der Waals surface area (Å²) in [7, 11) is 1.31. The van der Waals surface area contributed by atoms with Crippen LogP contribution in [0.15, 0.2) is 24.3 Å². The molecule has 28 heavy (non-hydrogen) atoms. The van der Waals surface area contributed by atoms with Crippen molar-refractivity contribution in [3.63, 3.8) is 0 Å². The van der Waals surface area contributed by atoms with E-state index in [1.54, 1.807) is 24.3 Å². The van der Waals surface area contributed by atoms with E-state index in [-0.39, 0.29) is 5.91 Å². The zero-order valence-electron chi connectivity index (χ0n) is 16.4. The second-order valence-corrected chi connectivity index (χ2v) is 9.00. The van der Waals surface area contributed by atoms with Gasteiger partial charge in [0.15, 0.2) is 0 Å². The van der Waals surface area contributed by atoms with Crippen molar-refractivity contribution in [3.8, 4) is 0 Å². The van der Waals surface area contributed by atoms with E-state index in [4.69, 9.17) is 34.8 Å². The number of unbranched alkanes of at least 4 members (excludes halogenated alkanes) is 6. The average molecular weight is 452 g/mol. The third-order valence-electron chi connectivity index (χ3n) is 4.26. The molecule has 0 aromatic heterocycles. The number of carbonyl (C=O) groups is 2. The summed E-state index contributed by atoms with van der Waals surface area (Å²) in [4.78, 5) is 23.7. The van der Waals surface area contributed by atoms with Crippen LogP contribution in [0, 0.1) is 0 Å². The number of anilines is 1. The number of amides is 1. The first-order chi connectivity index (χ1) is 13.3. The van der Waals surface area contributed by atoms with Gasteiger partial charge in [-0.1, -0.05) is 80.3 Å². The fourth-order valence-corrected chi connectivity index (χ4v) is 2.99. The highest BCUT2D eigenvalue weighted by Gasteiger charge is 2.33. The number of rotatable bonds is 12. The van der Waals surface area contributed by atoms with Crippen molar-refractivity contribution in [3.05, 3.63) is 29.8 Å². The Bertz CT molecular complexity index is 604. The molecule has 0 bridgehead atoms. The second kappa shape index (κ2) is 13.1. The molecule has 0 spiro atoms. The molecule has 0 radical (unpaired) electrons. The molecule has 0 aliphatic rings. The molecule has 0 saturated heterocycles. The van der Waals surface area contributed by atoms with Crippen molar-refractivity contribution >= 4 is 52.4 Å². The summed E-state index contributed by atoms with van der Waals surface area (Å²) in [6.07, 6.45) is 7.36. The van der Waals surface area contributed by atoms with Crippen LogP contribution in [0.3, 0.4) is 0 Å². The Hall–Kier alpha value is -1.17. The third kappa shape index (κ3) is 9.85.